The molecule has 0 atom stereocenters. The van der Waals surface area contributed by atoms with Gasteiger partial charge in [0.05, 0.1) is 6.20 Å². The van der Waals surface area contributed by atoms with Crippen LogP contribution < -0.4 is 16.8 Å². The third-order valence-corrected chi connectivity index (χ3v) is 2.23. The van der Waals surface area contributed by atoms with Gasteiger partial charge in [0.25, 0.3) is 5.56 Å². The first-order valence-corrected chi connectivity index (χ1v) is 4.91. The molecule has 2 rings (SSSR count). The molecule has 0 saturated heterocycles. The topological polar surface area (TPSA) is 72.9 Å². The van der Waals surface area contributed by atoms with E-state index in [9.17, 15) is 4.79 Å². The first-order chi connectivity index (χ1) is 7.72. The largest absolute Gasteiger partial charge is 0.304 e. The van der Waals surface area contributed by atoms with E-state index in [2.05, 4.69) is 10.4 Å². The molecule has 0 fully saturated rings. The summed E-state index contributed by atoms with van der Waals surface area (Å²) in [5.41, 5.74) is 2.57. The number of nitrogen functional groups attached to an aromatic ring is 1. The van der Waals surface area contributed by atoms with E-state index in [4.69, 9.17) is 17.4 Å². The average Bonchev–Trinajstić information content (AvgIpc) is 2.33. The highest BCUT2D eigenvalue weighted by molar-refractivity contribution is 6.29. The smallest absolute Gasteiger partial charge is 0.299 e. The number of nitrogens with two attached hydrogens (primary N) is 1. The van der Waals surface area contributed by atoms with Crippen LogP contribution in [0.15, 0.2) is 41.3 Å². The van der Waals surface area contributed by atoms with E-state index >= 15 is 0 Å². The van der Waals surface area contributed by atoms with Crippen molar-refractivity contribution in [2.45, 2.75) is 0 Å². The lowest BCUT2D eigenvalue weighted by Gasteiger charge is -2.07. The van der Waals surface area contributed by atoms with E-state index in [1.165, 1.54) is 10.8 Å². The number of nitrogens with one attached hydrogen (secondary N) is 1. The molecule has 0 amide bonds. The minimum atomic E-state index is -0.349. The SMILES string of the molecule is NNc1nc(Cl)cn(-c2ccccc2)c1=O. The lowest BCUT2D eigenvalue weighted by molar-refractivity contribution is 0.953. The summed E-state index contributed by atoms with van der Waals surface area (Å²) in [7, 11) is 0. The molecule has 0 bridgehead atoms. The molecule has 2 aromatic rings. The van der Waals surface area contributed by atoms with Gasteiger partial charge in [0.15, 0.2) is 0 Å². The molecule has 0 radical (unpaired) electrons. The number of hydrogen-bond donors (Lipinski definition) is 2. The number of halogens is 1. The Labute approximate surface area is 96.5 Å². The van der Waals surface area contributed by atoms with Gasteiger partial charge in [-0.1, -0.05) is 29.8 Å². The summed E-state index contributed by atoms with van der Waals surface area (Å²) in [5, 5.41) is 0.191. The lowest BCUT2D eigenvalue weighted by atomic mass is 10.3. The number of anilines is 1. The van der Waals surface area contributed by atoms with Gasteiger partial charge in [-0.25, -0.2) is 10.8 Å². The molecule has 16 heavy (non-hydrogen) atoms. The van der Waals surface area contributed by atoms with Crippen molar-refractivity contribution in [2.24, 2.45) is 5.84 Å². The maximum absolute atomic E-state index is 11.9. The molecule has 0 unspecified atom stereocenters. The van der Waals surface area contributed by atoms with E-state index < -0.39 is 0 Å². The summed E-state index contributed by atoms with van der Waals surface area (Å²) >= 11 is 5.78. The van der Waals surface area contributed by atoms with Crippen molar-refractivity contribution in [3.8, 4) is 5.69 Å². The minimum absolute atomic E-state index is 0.0105. The average molecular weight is 237 g/mol. The van der Waals surface area contributed by atoms with Gasteiger partial charge in [0.2, 0.25) is 5.82 Å². The van der Waals surface area contributed by atoms with Gasteiger partial charge in [-0.3, -0.25) is 9.36 Å². The summed E-state index contributed by atoms with van der Waals surface area (Å²) in [5.74, 6) is 5.19. The zero-order chi connectivity index (χ0) is 11.5. The van der Waals surface area contributed by atoms with E-state index in [0.29, 0.717) is 5.69 Å². The quantitative estimate of drug-likeness (QED) is 0.607. The number of nitrogens with zero attached hydrogens (tertiary/aromatic N) is 2. The highest BCUT2D eigenvalue weighted by Crippen LogP contribution is 2.09. The standard InChI is InChI=1S/C10H9ClN4O/c11-8-6-15(7-4-2-1-3-5-7)10(16)9(13-8)14-12/h1-6H,12H2,(H,13,14). The molecule has 1 heterocycles. The molecule has 0 aliphatic heterocycles. The fourth-order valence-corrected chi connectivity index (χ4v) is 1.52. The van der Waals surface area contributed by atoms with Gasteiger partial charge in [-0.2, -0.15) is 0 Å². The highest BCUT2D eigenvalue weighted by Gasteiger charge is 2.07. The predicted molar refractivity (Wildman–Crippen MR) is 62.7 cm³/mol. The Hall–Kier alpha value is -1.85. The molecule has 0 aliphatic rings. The molecule has 0 spiro atoms. The van der Waals surface area contributed by atoms with E-state index in [1.54, 1.807) is 12.1 Å². The predicted octanol–water partition coefficient (Wildman–Crippen LogP) is 1.17. The second-order valence-corrected chi connectivity index (χ2v) is 3.45. The molecule has 1 aromatic heterocycles. The van der Waals surface area contributed by atoms with Crippen molar-refractivity contribution in [3.05, 3.63) is 52.0 Å². The first-order valence-electron chi connectivity index (χ1n) is 4.53. The molecule has 1 aromatic carbocycles. The zero-order valence-electron chi connectivity index (χ0n) is 8.22. The lowest BCUT2D eigenvalue weighted by Crippen LogP contribution is -2.26. The summed E-state index contributed by atoms with van der Waals surface area (Å²) in [6.45, 7) is 0. The number of para-hydroxylation sites is 1. The molecule has 82 valence electrons. The molecule has 6 heteroatoms. The Morgan fingerprint density at radius 2 is 2.00 bits per heavy atom. The number of rotatable bonds is 2. The molecule has 3 N–H and O–H groups in total. The van der Waals surface area contributed by atoms with Gasteiger partial charge in [-0.05, 0) is 12.1 Å². The number of aromatic nitrogens is 2. The molecular formula is C10H9ClN4O. The zero-order valence-corrected chi connectivity index (χ0v) is 8.98. The minimum Gasteiger partial charge on any atom is -0.304 e. The normalized spacial score (nSPS) is 10.1. The Morgan fingerprint density at radius 1 is 1.31 bits per heavy atom. The Balaban J connectivity index is 2.66. The molecular weight excluding hydrogens is 228 g/mol. The van der Waals surface area contributed by atoms with Crippen LogP contribution in [0.1, 0.15) is 0 Å². The van der Waals surface area contributed by atoms with Crippen molar-refractivity contribution in [1.82, 2.24) is 9.55 Å². The summed E-state index contributed by atoms with van der Waals surface area (Å²) in [6.07, 6.45) is 1.44. The molecule has 0 saturated carbocycles. The van der Waals surface area contributed by atoms with Crippen LogP contribution in [-0.2, 0) is 0 Å². The Morgan fingerprint density at radius 3 is 2.62 bits per heavy atom. The summed E-state index contributed by atoms with van der Waals surface area (Å²) in [6, 6.07) is 9.09. The molecule has 0 aliphatic carbocycles. The van der Waals surface area contributed by atoms with Crippen LogP contribution in [0.2, 0.25) is 5.15 Å². The van der Waals surface area contributed by atoms with Crippen molar-refractivity contribution < 1.29 is 0 Å². The number of benzene rings is 1. The number of hydrazine groups is 1. The van der Waals surface area contributed by atoms with Crippen LogP contribution in [0.4, 0.5) is 5.82 Å². The number of hydrogen-bond acceptors (Lipinski definition) is 4. The van der Waals surface area contributed by atoms with E-state index in [-0.39, 0.29) is 16.5 Å². The Bertz CT molecular complexity index is 552. The summed E-state index contributed by atoms with van der Waals surface area (Å²) in [4.78, 5) is 15.6. The molecule has 5 nitrogen and oxygen atoms in total. The third-order valence-electron chi connectivity index (χ3n) is 2.05. The van der Waals surface area contributed by atoms with Crippen LogP contribution in [0, 0.1) is 0 Å². The van der Waals surface area contributed by atoms with Crippen LogP contribution >= 0.6 is 11.6 Å². The Kier molecular flexibility index (Phi) is 2.89. The van der Waals surface area contributed by atoms with E-state index in [1.807, 2.05) is 18.2 Å². The van der Waals surface area contributed by atoms with Gasteiger partial charge in [0, 0.05) is 5.69 Å². The maximum Gasteiger partial charge on any atom is 0.299 e. The van der Waals surface area contributed by atoms with Crippen LogP contribution in [0.5, 0.6) is 0 Å². The third kappa shape index (κ3) is 1.91. The second-order valence-electron chi connectivity index (χ2n) is 3.07. The van der Waals surface area contributed by atoms with Gasteiger partial charge < -0.3 is 5.43 Å². The van der Waals surface area contributed by atoms with Gasteiger partial charge in [0.1, 0.15) is 5.15 Å². The van der Waals surface area contributed by atoms with Gasteiger partial charge in [-0.15, -0.1) is 0 Å². The van der Waals surface area contributed by atoms with Crippen LogP contribution in [0.3, 0.4) is 0 Å². The van der Waals surface area contributed by atoms with Crippen molar-refractivity contribution in [3.63, 3.8) is 0 Å². The van der Waals surface area contributed by atoms with E-state index in [0.717, 1.165) is 0 Å². The second kappa shape index (κ2) is 4.34. The monoisotopic (exact) mass is 236 g/mol. The summed E-state index contributed by atoms with van der Waals surface area (Å²) < 4.78 is 1.38. The first kappa shape index (κ1) is 10.7. The fraction of sp³-hybridized carbons (Fsp3) is 0. The van der Waals surface area contributed by atoms with Crippen molar-refractivity contribution in [2.75, 3.05) is 5.43 Å². The van der Waals surface area contributed by atoms with Crippen molar-refractivity contribution in [1.29, 1.82) is 0 Å². The van der Waals surface area contributed by atoms with Crippen molar-refractivity contribution >= 4 is 17.4 Å². The maximum atomic E-state index is 11.9. The fourth-order valence-electron chi connectivity index (χ4n) is 1.34. The van der Waals surface area contributed by atoms with Gasteiger partial charge >= 0.3 is 0 Å². The highest BCUT2D eigenvalue weighted by atomic mass is 35.5. The van der Waals surface area contributed by atoms with Crippen LogP contribution in [0.25, 0.3) is 5.69 Å². The van der Waals surface area contributed by atoms with Crippen LogP contribution in [-0.4, -0.2) is 9.55 Å².